The van der Waals surface area contributed by atoms with Crippen LogP contribution in [0.3, 0.4) is 0 Å². The lowest BCUT2D eigenvalue weighted by atomic mass is 10.2. The molecule has 1 aromatic carbocycles. The zero-order chi connectivity index (χ0) is 15.5. The fourth-order valence-electron chi connectivity index (χ4n) is 1.95. The summed E-state index contributed by atoms with van der Waals surface area (Å²) >= 11 is 0. The van der Waals surface area contributed by atoms with E-state index in [4.69, 9.17) is 4.74 Å². The predicted octanol–water partition coefficient (Wildman–Crippen LogP) is 2.24. The molecule has 6 nitrogen and oxygen atoms in total. The highest BCUT2D eigenvalue weighted by Crippen LogP contribution is 2.25. The van der Waals surface area contributed by atoms with E-state index in [0.717, 1.165) is 5.56 Å². The van der Waals surface area contributed by atoms with Crippen LogP contribution in [0, 0.1) is 6.92 Å². The van der Waals surface area contributed by atoms with Crippen molar-refractivity contribution in [1.29, 1.82) is 0 Å². The summed E-state index contributed by atoms with van der Waals surface area (Å²) < 4.78 is 32.5. The molecular formula is C14H17N3O3S. The molecule has 2 aromatic rings. The number of rotatable bonds is 5. The zero-order valence-corrected chi connectivity index (χ0v) is 12.9. The van der Waals surface area contributed by atoms with Crippen molar-refractivity contribution < 1.29 is 13.2 Å². The van der Waals surface area contributed by atoms with Crippen molar-refractivity contribution in [3.8, 4) is 5.75 Å². The number of methoxy groups -OCH3 is 1. The number of aryl methyl sites for hydroxylation is 1. The zero-order valence-electron chi connectivity index (χ0n) is 12.0. The van der Waals surface area contributed by atoms with E-state index in [1.54, 1.807) is 38.4 Å². The molecule has 7 heteroatoms. The van der Waals surface area contributed by atoms with Crippen LogP contribution in [0.1, 0.15) is 5.56 Å². The second-order valence-corrected chi connectivity index (χ2v) is 6.06. The molecule has 112 valence electrons. The van der Waals surface area contributed by atoms with Crippen LogP contribution in [-0.2, 0) is 10.0 Å². The summed E-state index contributed by atoms with van der Waals surface area (Å²) in [6.45, 7) is 1.85. The Labute approximate surface area is 124 Å². The van der Waals surface area contributed by atoms with E-state index in [2.05, 4.69) is 15.0 Å². The highest BCUT2D eigenvalue weighted by atomic mass is 32.2. The summed E-state index contributed by atoms with van der Waals surface area (Å²) in [4.78, 5) is 3.97. The summed E-state index contributed by atoms with van der Waals surface area (Å²) in [7, 11) is -0.479. The van der Waals surface area contributed by atoms with Gasteiger partial charge in [0.25, 0.3) is 10.0 Å². The van der Waals surface area contributed by atoms with Crippen LogP contribution in [0.25, 0.3) is 0 Å². The number of hydrogen-bond donors (Lipinski definition) is 2. The van der Waals surface area contributed by atoms with Crippen LogP contribution in [0.2, 0.25) is 0 Å². The van der Waals surface area contributed by atoms with Gasteiger partial charge in [-0.05, 0) is 36.8 Å². The first-order valence-corrected chi connectivity index (χ1v) is 7.75. The first-order valence-electron chi connectivity index (χ1n) is 6.27. The number of sulfonamides is 1. The Kier molecular flexibility index (Phi) is 4.32. The second-order valence-electron chi connectivity index (χ2n) is 4.41. The van der Waals surface area contributed by atoms with Gasteiger partial charge in [-0.25, -0.2) is 8.42 Å². The summed E-state index contributed by atoms with van der Waals surface area (Å²) in [6, 6.07) is 6.69. The van der Waals surface area contributed by atoms with Gasteiger partial charge in [-0.3, -0.25) is 9.71 Å². The smallest absolute Gasteiger partial charge is 0.265 e. The van der Waals surface area contributed by atoms with E-state index >= 15 is 0 Å². The molecule has 1 heterocycles. The number of nitrogens with zero attached hydrogens (tertiary/aromatic N) is 1. The van der Waals surface area contributed by atoms with Crippen LogP contribution in [-0.4, -0.2) is 27.6 Å². The van der Waals surface area contributed by atoms with Crippen molar-refractivity contribution in [3.63, 3.8) is 0 Å². The van der Waals surface area contributed by atoms with Gasteiger partial charge in [-0.2, -0.15) is 0 Å². The van der Waals surface area contributed by atoms with E-state index in [1.165, 1.54) is 12.4 Å². The van der Waals surface area contributed by atoms with Crippen molar-refractivity contribution in [1.82, 2.24) is 4.98 Å². The first kappa shape index (κ1) is 15.1. The summed E-state index contributed by atoms with van der Waals surface area (Å²) in [6.07, 6.45) is 2.84. The molecule has 0 bridgehead atoms. The maximum absolute atomic E-state index is 12.4. The number of nitrogens with one attached hydrogen (secondary N) is 2. The molecule has 0 saturated heterocycles. The van der Waals surface area contributed by atoms with E-state index in [1.807, 2.05) is 6.92 Å². The van der Waals surface area contributed by atoms with Gasteiger partial charge in [0, 0.05) is 25.1 Å². The molecule has 2 N–H and O–H groups in total. The SMILES string of the molecule is CNc1ccncc1S(=O)(=O)Nc1ccc(OC)c(C)c1. The summed E-state index contributed by atoms with van der Waals surface area (Å²) in [5, 5.41) is 2.84. The van der Waals surface area contributed by atoms with Crippen LogP contribution in [0.5, 0.6) is 5.75 Å². The number of hydrogen-bond acceptors (Lipinski definition) is 5. The van der Waals surface area contributed by atoms with Crippen LogP contribution >= 0.6 is 0 Å². The summed E-state index contributed by atoms with van der Waals surface area (Å²) in [5.41, 5.74) is 1.81. The van der Waals surface area contributed by atoms with E-state index in [-0.39, 0.29) is 4.90 Å². The third kappa shape index (κ3) is 3.25. The minimum atomic E-state index is -3.71. The Morgan fingerprint density at radius 2 is 2.00 bits per heavy atom. The number of anilines is 2. The second kappa shape index (κ2) is 6.01. The van der Waals surface area contributed by atoms with Gasteiger partial charge >= 0.3 is 0 Å². The molecule has 0 atom stereocenters. The standard InChI is InChI=1S/C14H17N3O3S/c1-10-8-11(4-5-13(10)20-3)17-21(18,19)14-9-16-7-6-12(14)15-2/h4-9,17H,1-3H3,(H,15,16). The number of pyridine rings is 1. The fraction of sp³-hybridized carbons (Fsp3) is 0.214. The van der Waals surface area contributed by atoms with E-state index < -0.39 is 10.0 Å². The van der Waals surface area contributed by atoms with E-state index in [9.17, 15) is 8.42 Å². The molecular weight excluding hydrogens is 290 g/mol. The lowest BCUT2D eigenvalue weighted by Gasteiger charge is -2.12. The highest BCUT2D eigenvalue weighted by Gasteiger charge is 2.18. The lowest BCUT2D eigenvalue weighted by Crippen LogP contribution is -2.15. The number of aromatic nitrogens is 1. The lowest BCUT2D eigenvalue weighted by molar-refractivity contribution is 0.412. The molecule has 0 amide bonds. The molecule has 2 rings (SSSR count). The van der Waals surface area contributed by atoms with Gasteiger partial charge in [0.15, 0.2) is 0 Å². The molecule has 0 fully saturated rings. The normalized spacial score (nSPS) is 11.0. The Morgan fingerprint density at radius 3 is 2.62 bits per heavy atom. The van der Waals surface area contributed by atoms with Crippen molar-refractivity contribution in [2.45, 2.75) is 11.8 Å². The minimum absolute atomic E-state index is 0.0981. The van der Waals surface area contributed by atoms with Crippen molar-refractivity contribution in [3.05, 3.63) is 42.2 Å². The van der Waals surface area contributed by atoms with Crippen LogP contribution in [0.15, 0.2) is 41.6 Å². The van der Waals surface area contributed by atoms with Crippen LogP contribution < -0.4 is 14.8 Å². The monoisotopic (exact) mass is 307 g/mol. The Morgan fingerprint density at radius 1 is 1.24 bits per heavy atom. The quantitative estimate of drug-likeness (QED) is 0.885. The molecule has 0 aliphatic carbocycles. The average molecular weight is 307 g/mol. The van der Waals surface area contributed by atoms with Gasteiger partial charge in [-0.15, -0.1) is 0 Å². The first-order chi connectivity index (χ1) is 9.97. The molecule has 0 saturated carbocycles. The largest absolute Gasteiger partial charge is 0.496 e. The van der Waals surface area contributed by atoms with Crippen molar-refractivity contribution in [2.24, 2.45) is 0 Å². The third-order valence-corrected chi connectivity index (χ3v) is 4.40. The average Bonchev–Trinajstić information content (AvgIpc) is 2.47. The predicted molar refractivity (Wildman–Crippen MR) is 82.3 cm³/mol. The molecule has 21 heavy (non-hydrogen) atoms. The van der Waals surface area contributed by atoms with Gasteiger partial charge < -0.3 is 10.1 Å². The molecule has 0 aliphatic rings. The molecule has 0 aliphatic heterocycles. The fourth-order valence-corrected chi connectivity index (χ4v) is 3.16. The van der Waals surface area contributed by atoms with Gasteiger partial charge in [0.2, 0.25) is 0 Å². The Balaban J connectivity index is 2.35. The number of benzene rings is 1. The molecule has 0 radical (unpaired) electrons. The van der Waals surface area contributed by atoms with Crippen molar-refractivity contribution in [2.75, 3.05) is 24.2 Å². The maximum atomic E-state index is 12.4. The highest BCUT2D eigenvalue weighted by molar-refractivity contribution is 7.92. The molecule has 0 spiro atoms. The van der Waals surface area contributed by atoms with Crippen molar-refractivity contribution >= 4 is 21.4 Å². The van der Waals surface area contributed by atoms with E-state index in [0.29, 0.717) is 17.1 Å². The van der Waals surface area contributed by atoms with Gasteiger partial charge in [-0.1, -0.05) is 0 Å². The Bertz CT molecular complexity index is 745. The summed E-state index contributed by atoms with van der Waals surface area (Å²) in [5.74, 6) is 0.704. The Hall–Kier alpha value is -2.28. The molecule has 0 unspecified atom stereocenters. The van der Waals surface area contributed by atoms with Gasteiger partial charge in [0.05, 0.1) is 12.8 Å². The van der Waals surface area contributed by atoms with Crippen LogP contribution in [0.4, 0.5) is 11.4 Å². The maximum Gasteiger partial charge on any atom is 0.265 e. The molecule has 1 aromatic heterocycles. The minimum Gasteiger partial charge on any atom is -0.496 e. The number of ether oxygens (including phenoxy) is 1. The third-order valence-electron chi connectivity index (χ3n) is 2.99. The van der Waals surface area contributed by atoms with Gasteiger partial charge in [0.1, 0.15) is 10.6 Å². The topological polar surface area (TPSA) is 80.3 Å².